The Morgan fingerprint density at radius 3 is 2.29 bits per heavy atom. The number of amides is 1. The van der Waals surface area contributed by atoms with Gasteiger partial charge in [-0.05, 0) is 25.7 Å². The van der Waals surface area contributed by atoms with Gasteiger partial charge in [-0.2, -0.15) is 0 Å². The van der Waals surface area contributed by atoms with Gasteiger partial charge in [0.05, 0.1) is 12.6 Å². The van der Waals surface area contributed by atoms with Crippen molar-refractivity contribution in [3.63, 3.8) is 0 Å². The van der Waals surface area contributed by atoms with E-state index in [9.17, 15) is 9.59 Å². The Morgan fingerprint density at radius 2 is 1.94 bits per heavy atom. The van der Waals surface area contributed by atoms with E-state index in [2.05, 4.69) is 10.1 Å². The van der Waals surface area contributed by atoms with E-state index in [1.807, 2.05) is 20.8 Å². The number of hydrogen-bond acceptors (Lipinski definition) is 4. The van der Waals surface area contributed by atoms with Crippen LogP contribution >= 0.6 is 0 Å². The summed E-state index contributed by atoms with van der Waals surface area (Å²) in [6.07, 6.45) is 1.05. The van der Waals surface area contributed by atoms with Gasteiger partial charge in [-0.25, -0.2) is 4.79 Å². The van der Waals surface area contributed by atoms with Crippen LogP contribution in [0.2, 0.25) is 0 Å². The number of nitrogens with one attached hydrogen (secondary N) is 1. The van der Waals surface area contributed by atoms with Crippen LogP contribution in [0.25, 0.3) is 0 Å². The summed E-state index contributed by atoms with van der Waals surface area (Å²) in [5.41, 5.74) is 4.86. The average molecular weight is 244 g/mol. The zero-order valence-corrected chi connectivity index (χ0v) is 11.4. The van der Waals surface area contributed by atoms with Crippen LogP contribution < -0.4 is 11.1 Å². The van der Waals surface area contributed by atoms with Gasteiger partial charge in [-0.15, -0.1) is 0 Å². The van der Waals surface area contributed by atoms with Crippen LogP contribution in [0.5, 0.6) is 0 Å². The molecule has 0 aromatic rings. The van der Waals surface area contributed by atoms with Crippen molar-refractivity contribution in [2.24, 2.45) is 11.7 Å². The summed E-state index contributed by atoms with van der Waals surface area (Å²) in [5, 5.41) is 2.65. The number of carbonyl (C=O) groups excluding carboxylic acids is 2. The Bertz CT molecular complexity index is 275. The van der Waals surface area contributed by atoms with Gasteiger partial charge in [0, 0.05) is 0 Å². The Morgan fingerprint density at radius 1 is 1.41 bits per heavy atom. The minimum atomic E-state index is -0.955. The number of nitrogens with two attached hydrogens (primary N) is 1. The molecule has 2 atom stereocenters. The third-order valence-corrected chi connectivity index (χ3v) is 2.75. The standard InChI is InChI=1S/C12H24N2O3/c1-6-12(4,13)11(16)14-9(7-8(2)3)10(15)17-5/h8-9H,6-7,13H2,1-5H3,(H,14,16). The first-order valence-electron chi connectivity index (χ1n) is 5.92. The second kappa shape index (κ2) is 6.59. The third-order valence-electron chi connectivity index (χ3n) is 2.75. The molecular formula is C12H24N2O3. The van der Waals surface area contributed by atoms with Gasteiger partial charge >= 0.3 is 5.97 Å². The second-order valence-corrected chi connectivity index (χ2v) is 4.95. The maximum Gasteiger partial charge on any atom is 0.328 e. The molecule has 0 bridgehead atoms. The van der Waals surface area contributed by atoms with Crippen molar-refractivity contribution in [3.8, 4) is 0 Å². The molecule has 0 heterocycles. The molecule has 0 fully saturated rings. The monoisotopic (exact) mass is 244 g/mol. The lowest BCUT2D eigenvalue weighted by molar-refractivity contribution is -0.146. The zero-order valence-electron chi connectivity index (χ0n) is 11.4. The highest BCUT2D eigenvalue weighted by atomic mass is 16.5. The van der Waals surface area contributed by atoms with Gasteiger partial charge in [-0.1, -0.05) is 20.8 Å². The summed E-state index contributed by atoms with van der Waals surface area (Å²) in [6, 6.07) is -0.623. The van der Waals surface area contributed by atoms with E-state index < -0.39 is 17.6 Å². The van der Waals surface area contributed by atoms with E-state index in [-0.39, 0.29) is 11.8 Å². The van der Waals surface area contributed by atoms with Crippen molar-refractivity contribution in [3.05, 3.63) is 0 Å². The van der Waals surface area contributed by atoms with Crippen LogP contribution in [-0.4, -0.2) is 30.6 Å². The van der Waals surface area contributed by atoms with Crippen molar-refractivity contribution in [2.75, 3.05) is 7.11 Å². The van der Waals surface area contributed by atoms with Gasteiger partial charge in [0.1, 0.15) is 6.04 Å². The Labute approximate surface area is 103 Å². The first kappa shape index (κ1) is 15.9. The molecular weight excluding hydrogens is 220 g/mol. The fourth-order valence-electron chi connectivity index (χ4n) is 1.31. The lowest BCUT2D eigenvalue weighted by atomic mass is 9.97. The maximum atomic E-state index is 11.9. The molecule has 0 rings (SSSR count). The summed E-state index contributed by atoms with van der Waals surface area (Å²) in [7, 11) is 1.31. The molecule has 5 nitrogen and oxygen atoms in total. The van der Waals surface area contributed by atoms with Crippen molar-refractivity contribution >= 4 is 11.9 Å². The molecule has 17 heavy (non-hydrogen) atoms. The van der Waals surface area contributed by atoms with E-state index in [1.54, 1.807) is 6.92 Å². The van der Waals surface area contributed by atoms with Crippen LogP contribution in [0, 0.1) is 5.92 Å². The highest BCUT2D eigenvalue weighted by Crippen LogP contribution is 2.10. The Kier molecular flexibility index (Phi) is 6.16. The zero-order chi connectivity index (χ0) is 13.6. The van der Waals surface area contributed by atoms with Crippen LogP contribution in [-0.2, 0) is 14.3 Å². The SMILES string of the molecule is CCC(C)(N)C(=O)NC(CC(C)C)C(=O)OC. The molecule has 0 aliphatic heterocycles. The molecule has 0 aromatic carbocycles. The summed E-state index contributed by atoms with van der Waals surface area (Å²) >= 11 is 0. The Hall–Kier alpha value is -1.10. The van der Waals surface area contributed by atoms with E-state index in [1.165, 1.54) is 7.11 Å². The highest BCUT2D eigenvalue weighted by molar-refractivity contribution is 5.89. The molecule has 100 valence electrons. The van der Waals surface area contributed by atoms with E-state index in [0.717, 1.165) is 0 Å². The minimum Gasteiger partial charge on any atom is -0.467 e. The van der Waals surface area contributed by atoms with Gasteiger partial charge in [0.25, 0.3) is 0 Å². The van der Waals surface area contributed by atoms with E-state index in [4.69, 9.17) is 5.73 Å². The number of ether oxygens (including phenoxy) is 1. The molecule has 0 aliphatic carbocycles. The summed E-state index contributed by atoms with van der Waals surface area (Å²) in [4.78, 5) is 23.4. The van der Waals surface area contributed by atoms with Crippen LogP contribution in [0.4, 0.5) is 0 Å². The molecule has 0 saturated heterocycles. The molecule has 0 aliphatic rings. The molecule has 5 heteroatoms. The second-order valence-electron chi connectivity index (χ2n) is 4.95. The molecule has 0 aromatic heterocycles. The summed E-state index contributed by atoms with van der Waals surface area (Å²) in [5.74, 6) is -0.472. The van der Waals surface area contributed by atoms with E-state index in [0.29, 0.717) is 12.8 Å². The van der Waals surface area contributed by atoms with Crippen LogP contribution in [0.3, 0.4) is 0 Å². The quantitative estimate of drug-likeness (QED) is 0.678. The topological polar surface area (TPSA) is 81.4 Å². The number of methoxy groups -OCH3 is 1. The van der Waals surface area contributed by atoms with Gasteiger partial charge < -0.3 is 15.8 Å². The first-order valence-corrected chi connectivity index (χ1v) is 5.92. The maximum absolute atomic E-state index is 11.9. The number of esters is 1. The van der Waals surface area contributed by atoms with Crippen molar-refractivity contribution in [2.45, 2.75) is 52.1 Å². The molecule has 0 saturated carbocycles. The predicted octanol–water partition coefficient (Wildman–Crippen LogP) is 0.818. The first-order chi connectivity index (χ1) is 7.74. The van der Waals surface area contributed by atoms with Crippen molar-refractivity contribution in [1.29, 1.82) is 0 Å². The normalized spacial score (nSPS) is 16.2. The molecule has 0 spiro atoms. The average Bonchev–Trinajstić information content (AvgIpc) is 2.26. The summed E-state index contributed by atoms with van der Waals surface area (Å²) in [6.45, 7) is 7.42. The highest BCUT2D eigenvalue weighted by Gasteiger charge is 2.31. The number of rotatable bonds is 6. The molecule has 1 amide bonds. The van der Waals surface area contributed by atoms with Gasteiger partial charge in [-0.3, -0.25) is 4.79 Å². The molecule has 3 N–H and O–H groups in total. The van der Waals surface area contributed by atoms with Crippen molar-refractivity contribution < 1.29 is 14.3 Å². The largest absolute Gasteiger partial charge is 0.467 e. The lowest BCUT2D eigenvalue weighted by Gasteiger charge is -2.25. The van der Waals surface area contributed by atoms with Crippen LogP contribution in [0.15, 0.2) is 0 Å². The van der Waals surface area contributed by atoms with Crippen molar-refractivity contribution in [1.82, 2.24) is 5.32 Å². The lowest BCUT2D eigenvalue weighted by Crippen LogP contribution is -2.55. The third kappa shape index (κ3) is 5.17. The minimum absolute atomic E-state index is 0.282. The molecule has 0 radical (unpaired) electrons. The summed E-state index contributed by atoms with van der Waals surface area (Å²) < 4.78 is 4.67. The fourth-order valence-corrected chi connectivity index (χ4v) is 1.31. The van der Waals surface area contributed by atoms with Gasteiger partial charge in [0.2, 0.25) is 5.91 Å². The van der Waals surface area contributed by atoms with Crippen LogP contribution in [0.1, 0.15) is 40.5 Å². The van der Waals surface area contributed by atoms with E-state index >= 15 is 0 Å². The predicted molar refractivity (Wildman–Crippen MR) is 66.3 cm³/mol. The smallest absolute Gasteiger partial charge is 0.328 e. The fraction of sp³-hybridized carbons (Fsp3) is 0.833. The van der Waals surface area contributed by atoms with Gasteiger partial charge in [0.15, 0.2) is 0 Å². The Balaban J connectivity index is 4.64. The number of hydrogen-bond donors (Lipinski definition) is 2. The number of carbonyl (C=O) groups is 2. The molecule has 2 unspecified atom stereocenters.